The fourth-order valence-corrected chi connectivity index (χ4v) is 4.16. The van der Waals surface area contributed by atoms with Gasteiger partial charge in [-0.25, -0.2) is 8.42 Å². The van der Waals surface area contributed by atoms with Crippen LogP contribution in [0.3, 0.4) is 0 Å². The third kappa shape index (κ3) is 3.43. The zero-order chi connectivity index (χ0) is 16.2. The molecule has 1 aromatic heterocycles. The third-order valence-electron chi connectivity index (χ3n) is 3.04. The summed E-state index contributed by atoms with van der Waals surface area (Å²) in [6.45, 7) is 2.38. The fourth-order valence-electron chi connectivity index (χ4n) is 1.80. The summed E-state index contributed by atoms with van der Waals surface area (Å²) in [4.78, 5) is 5.04. The predicted molar refractivity (Wildman–Crippen MR) is 83.0 cm³/mol. The second kappa shape index (κ2) is 6.85. The Balaban J connectivity index is 2.35. The van der Waals surface area contributed by atoms with Crippen molar-refractivity contribution in [2.45, 2.75) is 29.8 Å². The van der Waals surface area contributed by atoms with Crippen LogP contribution in [0.5, 0.6) is 0 Å². The van der Waals surface area contributed by atoms with Gasteiger partial charge in [-0.1, -0.05) is 17.7 Å². The molecule has 1 aromatic carbocycles. The summed E-state index contributed by atoms with van der Waals surface area (Å²) in [5.41, 5.74) is 0.995. The Morgan fingerprint density at radius 3 is 2.68 bits per heavy atom. The number of rotatable bonds is 5. The van der Waals surface area contributed by atoms with Gasteiger partial charge < -0.3 is 0 Å². The molecular weight excluding hydrogens is 320 g/mol. The molecule has 116 valence electrons. The van der Waals surface area contributed by atoms with E-state index < -0.39 is 9.84 Å². The molecule has 6 nitrogen and oxygen atoms in total. The first-order valence-corrected chi connectivity index (χ1v) is 8.94. The Labute approximate surface area is 133 Å². The molecule has 0 saturated heterocycles. The van der Waals surface area contributed by atoms with Crippen molar-refractivity contribution in [3.05, 3.63) is 34.6 Å². The number of nitriles is 1. The molecule has 0 saturated carbocycles. The van der Waals surface area contributed by atoms with Gasteiger partial charge in [0.15, 0.2) is 0 Å². The number of sulfone groups is 1. The van der Waals surface area contributed by atoms with Gasteiger partial charge in [0.25, 0.3) is 0 Å². The van der Waals surface area contributed by atoms with Crippen LogP contribution < -0.4 is 4.80 Å². The summed E-state index contributed by atoms with van der Waals surface area (Å²) in [6, 6.07) is 8.72. The summed E-state index contributed by atoms with van der Waals surface area (Å²) in [7, 11) is -2.02. The van der Waals surface area contributed by atoms with Gasteiger partial charge in [0, 0.05) is 31.5 Å². The Kier molecular flexibility index (Phi) is 5.11. The average Bonchev–Trinajstić information content (AvgIpc) is 2.86. The highest BCUT2D eigenvalue weighted by atomic mass is 32.2. The Bertz CT molecular complexity index is 855. The maximum absolute atomic E-state index is 12.6. The molecule has 0 radical (unpaired) electrons. The summed E-state index contributed by atoms with van der Waals surface area (Å²) in [6.07, 6.45) is 1.08. The van der Waals surface area contributed by atoms with E-state index in [2.05, 4.69) is 9.37 Å². The third-order valence-corrected chi connectivity index (χ3v) is 5.73. The lowest BCUT2D eigenvalue weighted by atomic mass is 10.2. The summed E-state index contributed by atoms with van der Waals surface area (Å²) in [5, 5.41) is 8.47. The minimum atomic E-state index is -3.65. The van der Waals surface area contributed by atoms with E-state index in [1.807, 2.05) is 13.0 Å². The molecule has 0 aliphatic carbocycles. The Hall–Kier alpha value is -1.98. The standard InChI is InChI=1S/C14H16N4O2S2/c1-11-5-7-12(8-6-11)22(19,20)14-17-21-13(18(14)2)16-10-4-3-9-15/h5-8H,3-4,10H2,1-2H3. The molecule has 0 N–H and O–H groups in total. The van der Waals surface area contributed by atoms with Crippen molar-refractivity contribution in [3.63, 3.8) is 0 Å². The SMILES string of the molecule is Cc1ccc(S(=O)(=O)c2nsc(=NCCCC#N)n2C)cc1. The smallest absolute Gasteiger partial charge is 0.245 e. The van der Waals surface area contributed by atoms with Crippen molar-refractivity contribution in [1.82, 2.24) is 8.94 Å². The highest BCUT2D eigenvalue weighted by Crippen LogP contribution is 2.18. The van der Waals surface area contributed by atoms with Gasteiger partial charge in [-0.05, 0) is 25.5 Å². The van der Waals surface area contributed by atoms with E-state index in [0.29, 0.717) is 24.2 Å². The lowest BCUT2D eigenvalue weighted by molar-refractivity contribution is 0.576. The van der Waals surface area contributed by atoms with E-state index in [0.717, 1.165) is 17.1 Å². The van der Waals surface area contributed by atoms with Gasteiger partial charge in [-0.2, -0.15) is 9.64 Å². The predicted octanol–water partition coefficient (Wildman–Crippen LogP) is 1.83. The van der Waals surface area contributed by atoms with E-state index in [1.165, 1.54) is 4.57 Å². The largest absolute Gasteiger partial charge is 0.294 e. The molecule has 0 atom stereocenters. The van der Waals surface area contributed by atoms with Crippen molar-refractivity contribution in [3.8, 4) is 6.07 Å². The van der Waals surface area contributed by atoms with Crippen LogP contribution in [-0.4, -0.2) is 23.9 Å². The number of aromatic nitrogens is 2. The van der Waals surface area contributed by atoms with Crippen LogP contribution in [0.1, 0.15) is 18.4 Å². The van der Waals surface area contributed by atoms with E-state index >= 15 is 0 Å². The lowest BCUT2D eigenvalue weighted by Gasteiger charge is -2.04. The molecule has 0 amide bonds. The second-order valence-corrected chi connectivity index (χ2v) is 7.34. The van der Waals surface area contributed by atoms with Crippen LogP contribution in [0.25, 0.3) is 0 Å². The summed E-state index contributed by atoms with van der Waals surface area (Å²) in [5.74, 6) is 0. The van der Waals surface area contributed by atoms with Crippen molar-refractivity contribution >= 4 is 21.4 Å². The van der Waals surface area contributed by atoms with Crippen molar-refractivity contribution in [2.75, 3.05) is 6.54 Å². The number of benzene rings is 1. The topological polar surface area (TPSA) is 88.1 Å². The van der Waals surface area contributed by atoms with Gasteiger partial charge in [0.1, 0.15) is 0 Å². The number of nitrogens with zero attached hydrogens (tertiary/aromatic N) is 4. The minimum absolute atomic E-state index is 0.0135. The molecule has 0 spiro atoms. The van der Waals surface area contributed by atoms with E-state index in [9.17, 15) is 8.42 Å². The van der Waals surface area contributed by atoms with Gasteiger partial charge in [0.05, 0.1) is 11.0 Å². The molecule has 0 aliphatic heterocycles. The van der Waals surface area contributed by atoms with E-state index in [1.54, 1.807) is 31.3 Å². The normalized spacial score (nSPS) is 12.3. The first kappa shape index (κ1) is 16.4. The zero-order valence-corrected chi connectivity index (χ0v) is 14.0. The molecule has 22 heavy (non-hydrogen) atoms. The average molecular weight is 336 g/mol. The fraction of sp³-hybridized carbons (Fsp3) is 0.357. The number of hydrogen-bond acceptors (Lipinski definition) is 6. The molecule has 0 aliphatic rings. The van der Waals surface area contributed by atoms with E-state index in [-0.39, 0.29) is 10.1 Å². The van der Waals surface area contributed by atoms with Crippen LogP contribution in [-0.2, 0) is 16.9 Å². The molecule has 1 heterocycles. The van der Waals surface area contributed by atoms with Crippen molar-refractivity contribution in [1.29, 1.82) is 5.26 Å². The van der Waals surface area contributed by atoms with Crippen LogP contribution in [0, 0.1) is 18.3 Å². The van der Waals surface area contributed by atoms with Crippen LogP contribution in [0.2, 0.25) is 0 Å². The molecular formula is C14H16N4O2S2. The molecule has 8 heteroatoms. The molecule has 2 aromatic rings. The maximum Gasteiger partial charge on any atom is 0.245 e. The Morgan fingerprint density at radius 2 is 2.05 bits per heavy atom. The van der Waals surface area contributed by atoms with Crippen molar-refractivity contribution in [2.24, 2.45) is 12.0 Å². The summed E-state index contributed by atoms with van der Waals surface area (Å²) < 4.78 is 30.7. The molecule has 0 bridgehead atoms. The van der Waals surface area contributed by atoms with Crippen molar-refractivity contribution < 1.29 is 8.42 Å². The number of hydrogen-bond donors (Lipinski definition) is 0. The summed E-state index contributed by atoms with van der Waals surface area (Å²) >= 11 is 1.04. The second-order valence-electron chi connectivity index (χ2n) is 4.77. The quantitative estimate of drug-likeness (QED) is 0.779. The highest BCUT2D eigenvalue weighted by molar-refractivity contribution is 7.91. The monoisotopic (exact) mass is 336 g/mol. The van der Waals surface area contributed by atoms with Crippen LogP contribution >= 0.6 is 11.5 Å². The zero-order valence-electron chi connectivity index (χ0n) is 12.4. The first-order valence-electron chi connectivity index (χ1n) is 6.68. The van der Waals surface area contributed by atoms with Crippen LogP contribution in [0.15, 0.2) is 39.3 Å². The number of aryl methyl sites for hydroxylation is 1. The number of unbranched alkanes of at least 4 members (excludes halogenated alkanes) is 1. The van der Waals surface area contributed by atoms with Gasteiger partial charge in [-0.3, -0.25) is 9.56 Å². The maximum atomic E-state index is 12.6. The van der Waals surface area contributed by atoms with Crippen LogP contribution in [0.4, 0.5) is 0 Å². The minimum Gasteiger partial charge on any atom is -0.294 e. The Morgan fingerprint density at radius 1 is 1.36 bits per heavy atom. The van der Waals surface area contributed by atoms with Gasteiger partial charge in [0.2, 0.25) is 19.8 Å². The van der Waals surface area contributed by atoms with E-state index in [4.69, 9.17) is 5.26 Å². The highest BCUT2D eigenvalue weighted by Gasteiger charge is 2.23. The van der Waals surface area contributed by atoms with Gasteiger partial charge in [-0.15, -0.1) is 0 Å². The molecule has 0 unspecified atom stereocenters. The molecule has 0 fully saturated rings. The lowest BCUT2D eigenvalue weighted by Crippen LogP contribution is -2.17. The van der Waals surface area contributed by atoms with Gasteiger partial charge >= 0.3 is 0 Å². The first-order chi connectivity index (χ1) is 10.5. The molecule has 2 rings (SSSR count).